The van der Waals surface area contributed by atoms with Gasteiger partial charge in [0.2, 0.25) is 5.56 Å². The van der Waals surface area contributed by atoms with Crippen molar-refractivity contribution in [1.29, 1.82) is 0 Å². The first-order valence-corrected chi connectivity index (χ1v) is 26.1. The zero-order valence-electron chi connectivity index (χ0n) is 33.9. The van der Waals surface area contributed by atoms with Gasteiger partial charge in [-0.1, -0.05) is 146 Å². The molecular formula is C51H41ClN4O4P2Pd+2. The molecular weight excluding hydrogens is 936 g/mol. The summed E-state index contributed by atoms with van der Waals surface area (Å²) in [5.41, 5.74) is 2.57. The Hall–Kier alpha value is -5.90. The number of nitrogens with zero attached hydrogens (tertiary/aromatic N) is 4. The normalized spacial score (nSPS) is 15.6. The van der Waals surface area contributed by atoms with Gasteiger partial charge in [0.25, 0.3) is 16.7 Å². The number of halogens is 1. The van der Waals surface area contributed by atoms with E-state index in [-0.39, 0.29) is 22.2 Å². The standard InChI is InChI=1S/C51H39N4O4P2.ClH.Pd/c1-60(49(36-22-8-3-9-23-36)53-46(57)40-29-15-14-28-39(40)45(56)52(53)34-35-20-6-2-7-21-35)43-32-18-19-33-44(43)61-50(37-24-10-4-11-25-37)54-47(58)41-30-16-17-31-42(41)48(59)55(54)51(61)38-26-12-5-13-27-38;;/h2-34,49-51H,1H3;1H;/q-1;;+2/p+1/t49-,50-,51-,60?;;/m0../s1. The number of hydrogen-bond donors (Lipinski definition) is 0. The van der Waals surface area contributed by atoms with Crippen molar-refractivity contribution in [2.24, 2.45) is 0 Å². The third-order valence-corrected chi connectivity index (χ3v) is 18.2. The van der Waals surface area contributed by atoms with Crippen LogP contribution < -0.4 is 32.8 Å². The van der Waals surface area contributed by atoms with E-state index in [1.165, 1.54) is 4.68 Å². The molecule has 2 aromatic heterocycles. The summed E-state index contributed by atoms with van der Waals surface area (Å²) in [6, 6.07) is 62.2. The molecule has 7 aromatic carbocycles. The van der Waals surface area contributed by atoms with Crippen LogP contribution in [-0.2, 0) is 18.2 Å². The van der Waals surface area contributed by atoms with E-state index in [2.05, 4.69) is 70.8 Å². The van der Waals surface area contributed by atoms with Gasteiger partial charge in [-0.05, 0) is 30.3 Å². The van der Waals surface area contributed by atoms with Crippen LogP contribution in [0.4, 0.5) is 0 Å². The van der Waals surface area contributed by atoms with Crippen LogP contribution in [0.15, 0.2) is 213 Å². The second-order valence-electron chi connectivity index (χ2n) is 15.4. The first kappa shape index (κ1) is 42.4. The fourth-order valence-electron chi connectivity index (χ4n) is 9.18. The van der Waals surface area contributed by atoms with Crippen molar-refractivity contribution < 1.29 is 18.2 Å². The average molecular weight is 978 g/mol. The zero-order chi connectivity index (χ0) is 43.6. The van der Waals surface area contributed by atoms with E-state index in [1.807, 2.05) is 121 Å². The molecule has 0 N–H and O–H groups in total. The topological polar surface area (TPSA) is 88.0 Å². The molecule has 0 aliphatic carbocycles. The minimum atomic E-state index is -2.04. The molecule has 0 saturated carbocycles. The predicted octanol–water partition coefficient (Wildman–Crippen LogP) is 8.75. The van der Waals surface area contributed by atoms with Crippen LogP contribution in [0, 0.1) is 6.54 Å². The molecule has 4 atom stereocenters. The van der Waals surface area contributed by atoms with Crippen molar-refractivity contribution in [2.75, 3.05) is 6.66 Å². The van der Waals surface area contributed by atoms with Crippen molar-refractivity contribution in [2.45, 2.75) is 17.3 Å². The van der Waals surface area contributed by atoms with Crippen LogP contribution in [-0.4, -0.2) is 25.4 Å². The van der Waals surface area contributed by atoms with Gasteiger partial charge in [-0.3, -0.25) is 19.1 Å². The number of rotatable bonds is 9. The fourth-order valence-corrected chi connectivity index (χ4v) is 16.4. The first-order valence-electron chi connectivity index (χ1n) is 20.4. The quantitative estimate of drug-likeness (QED) is 0.0823. The summed E-state index contributed by atoms with van der Waals surface area (Å²) in [5, 5.41) is 3.62. The molecule has 314 valence electrons. The van der Waals surface area contributed by atoms with Crippen molar-refractivity contribution >= 4 is 57.5 Å². The molecule has 0 amide bonds. The van der Waals surface area contributed by atoms with Crippen molar-refractivity contribution in [3.8, 4) is 0 Å². The van der Waals surface area contributed by atoms with E-state index < -0.39 is 33.2 Å². The Morgan fingerprint density at radius 3 is 1.41 bits per heavy atom. The number of hydrogen-bond acceptors (Lipinski definition) is 4. The second-order valence-corrected chi connectivity index (χ2v) is 20.3. The Labute approximate surface area is 380 Å². The molecule has 0 fully saturated rings. The number of aromatic nitrogens is 4. The van der Waals surface area contributed by atoms with Crippen molar-refractivity contribution in [1.82, 2.24) is 18.7 Å². The Balaban J connectivity index is 0.00000249. The molecule has 1 aliphatic heterocycles. The molecule has 3 heterocycles. The summed E-state index contributed by atoms with van der Waals surface area (Å²) in [5.74, 6) is -1.51. The predicted molar refractivity (Wildman–Crippen MR) is 258 cm³/mol. The molecule has 1 unspecified atom stereocenters. The van der Waals surface area contributed by atoms with Crippen LogP contribution in [0.25, 0.3) is 21.5 Å². The third kappa shape index (κ3) is 7.59. The van der Waals surface area contributed by atoms with E-state index in [1.54, 1.807) is 57.0 Å². The zero-order valence-corrected chi connectivity index (χ0v) is 38.2. The maximum atomic E-state index is 15.1. The Kier molecular flexibility index (Phi) is 12.4. The maximum absolute atomic E-state index is 15.1. The molecule has 0 bridgehead atoms. The summed E-state index contributed by atoms with van der Waals surface area (Å²) < 4.78 is 6.65. The Morgan fingerprint density at radius 1 is 0.508 bits per heavy atom. The first-order chi connectivity index (χ1) is 30.9. The fraction of sp³-hybridized carbons (Fsp3) is 0.0784. The summed E-state index contributed by atoms with van der Waals surface area (Å²) in [6.07, 6.45) is 0. The van der Waals surface area contributed by atoms with E-state index in [4.69, 9.17) is 0 Å². The van der Waals surface area contributed by atoms with E-state index in [9.17, 15) is 14.4 Å². The van der Waals surface area contributed by atoms with Gasteiger partial charge >= 0.3 is 27.7 Å². The molecule has 0 saturated heterocycles. The summed E-state index contributed by atoms with van der Waals surface area (Å²) in [7, 11) is 0.531. The summed E-state index contributed by atoms with van der Waals surface area (Å²) >= 11 is 2.22. The van der Waals surface area contributed by atoms with E-state index >= 15 is 4.79 Å². The van der Waals surface area contributed by atoms with Crippen LogP contribution in [0.2, 0.25) is 0 Å². The molecule has 10 rings (SSSR count). The van der Waals surface area contributed by atoms with Crippen LogP contribution in [0.5, 0.6) is 0 Å². The summed E-state index contributed by atoms with van der Waals surface area (Å²) in [4.78, 5) is 59.7. The van der Waals surface area contributed by atoms with Crippen molar-refractivity contribution in [3.63, 3.8) is 0 Å². The molecule has 1 aliphatic rings. The molecule has 9 aromatic rings. The Bertz CT molecular complexity index is 3230. The van der Waals surface area contributed by atoms with Gasteiger partial charge in [0.05, 0.1) is 33.3 Å². The SMILES string of the molecule is C[PH+](c1ccccc1[PH+]1[C@@H](c2ccccc2)n2c(=O)c3ccccc3c(=O)n2[C@@H]1c1ccccc1)[C@@H](c1ccccc1)n1c(=O)c2ccccc2c(=O)n1[CH-]c1ccccc1.[Cl][Pd+]. The molecule has 0 spiro atoms. The third-order valence-electron chi connectivity index (χ3n) is 11.9. The van der Waals surface area contributed by atoms with Gasteiger partial charge in [-0.2, -0.15) is 9.36 Å². The van der Waals surface area contributed by atoms with E-state index in [0.717, 1.165) is 32.9 Å². The van der Waals surface area contributed by atoms with Crippen LogP contribution >= 0.6 is 25.4 Å². The van der Waals surface area contributed by atoms with Gasteiger partial charge in [-0.25, -0.2) is 4.68 Å². The Morgan fingerprint density at radius 2 is 0.905 bits per heavy atom. The van der Waals surface area contributed by atoms with Crippen LogP contribution in [0.3, 0.4) is 0 Å². The van der Waals surface area contributed by atoms with Gasteiger partial charge < -0.3 is 4.79 Å². The molecule has 12 heteroatoms. The summed E-state index contributed by atoms with van der Waals surface area (Å²) in [6.45, 7) is 3.97. The van der Waals surface area contributed by atoms with Crippen molar-refractivity contribution in [3.05, 3.63) is 264 Å². The molecule has 63 heavy (non-hydrogen) atoms. The monoisotopic (exact) mass is 976 g/mol. The number of fused-ring (bicyclic) bond motifs is 3. The van der Waals surface area contributed by atoms with Crippen LogP contribution in [0.1, 0.15) is 39.6 Å². The van der Waals surface area contributed by atoms with Gasteiger partial charge in [-0.15, -0.1) is 29.8 Å². The molecule has 8 nitrogen and oxygen atoms in total. The second kappa shape index (κ2) is 18.4. The minimum absolute atomic E-state index is 0.213. The van der Waals surface area contributed by atoms with E-state index in [0.29, 0.717) is 21.5 Å². The van der Waals surface area contributed by atoms with Gasteiger partial charge in [0.15, 0.2) is 17.3 Å². The van der Waals surface area contributed by atoms with Gasteiger partial charge in [0, 0.05) is 27.5 Å². The molecule has 0 radical (unpaired) electrons. The average Bonchev–Trinajstić information content (AvgIpc) is 3.72. The number of benzene rings is 7. The van der Waals surface area contributed by atoms with Gasteiger partial charge in [0.1, 0.15) is 10.6 Å².